The van der Waals surface area contributed by atoms with Crippen molar-refractivity contribution >= 4 is 41.3 Å². The summed E-state index contributed by atoms with van der Waals surface area (Å²) in [4.78, 5) is 13.2. The van der Waals surface area contributed by atoms with Crippen molar-refractivity contribution in [3.63, 3.8) is 0 Å². The molecule has 0 aliphatic heterocycles. The molecule has 0 radical (unpaired) electrons. The SMILES string of the molecule is CCNC(=NCCc1csc(C)n1)NCCc1ccncc1C.I. The van der Waals surface area contributed by atoms with Gasteiger partial charge >= 0.3 is 0 Å². The van der Waals surface area contributed by atoms with E-state index in [1.807, 2.05) is 19.3 Å². The maximum absolute atomic E-state index is 4.62. The van der Waals surface area contributed by atoms with Gasteiger partial charge in [0.25, 0.3) is 0 Å². The third-order valence-corrected chi connectivity index (χ3v) is 4.29. The molecule has 0 aliphatic carbocycles. The molecule has 0 aliphatic rings. The molecule has 0 amide bonds. The highest BCUT2D eigenvalue weighted by atomic mass is 127. The molecule has 2 aromatic rings. The minimum Gasteiger partial charge on any atom is -0.357 e. The van der Waals surface area contributed by atoms with Crippen LogP contribution in [0.5, 0.6) is 0 Å². The molecule has 0 fully saturated rings. The molecule has 5 nitrogen and oxygen atoms in total. The Bertz CT molecular complexity index is 641. The van der Waals surface area contributed by atoms with Gasteiger partial charge in [-0.15, -0.1) is 35.3 Å². The summed E-state index contributed by atoms with van der Waals surface area (Å²) in [5, 5.41) is 9.89. The van der Waals surface area contributed by atoms with Crippen molar-refractivity contribution in [2.24, 2.45) is 4.99 Å². The molecule has 24 heavy (non-hydrogen) atoms. The third-order valence-electron chi connectivity index (χ3n) is 3.47. The second-order valence-electron chi connectivity index (χ2n) is 5.35. The Morgan fingerprint density at radius 2 is 2.08 bits per heavy atom. The molecule has 0 bridgehead atoms. The van der Waals surface area contributed by atoms with Crippen molar-refractivity contribution in [1.29, 1.82) is 0 Å². The molecule has 0 atom stereocenters. The smallest absolute Gasteiger partial charge is 0.191 e. The first kappa shape index (κ1) is 20.8. The summed E-state index contributed by atoms with van der Waals surface area (Å²) in [7, 11) is 0. The lowest BCUT2D eigenvalue weighted by Crippen LogP contribution is -2.38. The zero-order chi connectivity index (χ0) is 16.5. The van der Waals surface area contributed by atoms with Crippen molar-refractivity contribution < 1.29 is 0 Å². The molecule has 132 valence electrons. The fourth-order valence-corrected chi connectivity index (χ4v) is 2.89. The largest absolute Gasteiger partial charge is 0.357 e. The Hall–Kier alpha value is -1.22. The van der Waals surface area contributed by atoms with Crippen LogP contribution in [-0.4, -0.2) is 35.6 Å². The highest BCUT2D eigenvalue weighted by Crippen LogP contribution is 2.08. The van der Waals surface area contributed by atoms with Crippen LogP contribution in [0.15, 0.2) is 28.8 Å². The van der Waals surface area contributed by atoms with E-state index in [1.54, 1.807) is 11.3 Å². The molecule has 0 saturated carbocycles. The van der Waals surface area contributed by atoms with Gasteiger partial charge in [-0.3, -0.25) is 9.98 Å². The van der Waals surface area contributed by atoms with E-state index in [-0.39, 0.29) is 24.0 Å². The van der Waals surface area contributed by atoms with Gasteiger partial charge in [-0.2, -0.15) is 0 Å². The van der Waals surface area contributed by atoms with E-state index < -0.39 is 0 Å². The average molecular weight is 459 g/mol. The second-order valence-corrected chi connectivity index (χ2v) is 6.41. The first-order chi connectivity index (χ1) is 11.2. The fraction of sp³-hybridized carbons (Fsp3) is 0.471. The summed E-state index contributed by atoms with van der Waals surface area (Å²) >= 11 is 1.69. The fourth-order valence-electron chi connectivity index (χ4n) is 2.25. The average Bonchev–Trinajstić information content (AvgIpc) is 2.94. The number of aromatic nitrogens is 2. The quantitative estimate of drug-likeness (QED) is 0.380. The van der Waals surface area contributed by atoms with Crippen molar-refractivity contribution in [1.82, 2.24) is 20.6 Å². The predicted octanol–water partition coefficient (Wildman–Crippen LogP) is 3.11. The van der Waals surface area contributed by atoms with Crippen molar-refractivity contribution in [2.45, 2.75) is 33.6 Å². The van der Waals surface area contributed by atoms with Gasteiger partial charge in [0.1, 0.15) is 0 Å². The maximum atomic E-state index is 4.62. The van der Waals surface area contributed by atoms with Crippen LogP contribution in [0.4, 0.5) is 0 Å². The van der Waals surface area contributed by atoms with E-state index >= 15 is 0 Å². The van der Waals surface area contributed by atoms with E-state index in [0.717, 1.165) is 49.1 Å². The molecule has 0 unspecified atom stereocenters. The summed E-state index contributed by atoms with van der Waals surface area (Å²) in [6, 6.07) is 2.08. The maximum Gasteiger partial charge on any atom is 0.191 e. The Balaban J connectivity index is 0.00000288. The van der Waals surface area contributed by atoms with E-state index in [9.17, 15) is 0 Å². The van der Waals surface area contributed by atoms with Crippen LogP contribution < -0.4 is 10.6 Å². The lowest BCUT2D eigenvalue weighted by atomic mass is 10.1. The van der Waals surface area contributed by atoms with Crippen LogP contribution in [0, 0.1) is 13.8 Å². The number of hydrogen-bond donors (Lipinski definition) is 2. The van der Waals surface area contributed by atoms with Crippen LogP contribution in [-0.2, 0) is 12.8 Å². The summed E-state index contributed by atoms with van der Waals surface area (Å²) in [5.41, 5.74) is 3.68. The lowest BCUT2D eigenvalue weighted by Gasteiger charge is -2.12. The van der Waals surface area contributed by atoms with E-state index in [0.29, 0.717) is 0 Å². The van der Waals surface area contributed by atoms with Gasteiger partial charge in [0, 0.05) is 43.8 Å². The van der Waals surface area contributed by atoms with Crippen LogP contribution in [0.25, 0.3) is 0 Å². The normalized spacial score (nSPS) is 11.0. The molecule has 0 saturated heterocycles. The number of rotatable bonds is 7. The molecule has 2 rings (SSSR count). The zero-order valence-corrected chi connectivity index (χ0v) is 17.6. The first-order valence-electron chi connectivity index (χ1n) is 8.01. The molecule has 2 aromatic heterocycles. The lowest BCUT2D eigenvalue weighted by molar-refractivity contribution is 0.792. The Morgan fingerprint density at radius 1 is 1.25 bits per heavy atom. The number of thiazole rings is 1. The van der Waals surface area contributed by atoms with Gasteiger partial charge in [-0.25, -0.2) is 4.98 Å². The molecule has 0 spiro atoms. The number of aryl methyl sites for hydroxylation is 2. The van der Waals surface area contributed by atoms with Crippen molar-refractivity contribution in [3.8, 4) is 0 Å². The minimum atomic E-state index is 0. The highest BCUT2D eigenvalue weighted by molar-refractivity contribution is 14.0. The number of guanidine groups is 1. The van der Waals surface area contributed by atoms with E-state index in [4.69, 9.17) is 0 Å². The number of nitrogens with zero attached hydrogens (tertiary/aromatic N) is 3. The summed E-state index contributed by atoms with van der Waals surface area (Å²) in [6.45, 7) is 8.66. The number of halogens is 1. The Kier molecular flexibility index (Phi) is 9.85. The number of hydrogen-bond acceptors (Lipinski definition) is 4. The highest BCUT2D eigenvalue weighted by Gasteiger charge is 2.01. The van der Waals surface area contributed by atoms with Crippen LogP contribution >= 0.6 is 35.3 Å². The van der Waals surface area contributed by atoms with Crippen LogP contribution in [0.2, 0.25) is 0 Å². The molecule has 7 heteroatoms. The van der Waals surface area contributed by atoms with Crippen LogP contribution in [0.3, 0.4) is 0 Å². The molecular weight excluding hydrogens is 433 g/mol. The molecular formula is C17H26IN5S. The molecule has 2 N–H and O–H groups in total. The summed E-state index contributed by atoms with van der Waals surface area (Å²) in [5.74, 6) is 0.867. The summed E-state index contributed by atoms with van der Waals surface area (Å²) < 4.78 is 0. The standard InChI is InChI=1S/C17H25N5S.HI/c1-4-19-17(21-10-7-16-12-23-14(3)22-16)20-9-6-15-5-8-18-11-13(15)2;/h5,8,11-12H,4,6-7,9-10H2,1-3H3,(H2,19,20,21);1H. The number of nitrogens with one attached hydrogen (secondary N) is 2. The number of pyridine rings is 1. The van der Waals surface area contributed by atoms with Gasteiger partial charge in [-0.1, -0.05) is 0 Å². The topological polar surface area (TPSA) is 62.2 Å². The first-order valence-corrected chi connectivity index (χ1v) is 8.89. The van der Waals surface area contributed by atoms with E-state index in [1.165, 1.54) is 11.1 Å². The Labute approximate surface area is 165 Å². The molecule has 2 heterocycles. The minimum absolute atomic E-state index is 0. The van der Waals surface area contributed by atoms with Gasteiger partial charge in [0.15, 0.2) is 5.96 Å². The van der Waals surface area contributed by atoms with E-state index in [2.05, 4.69) is 50.9 Å². The number of aliphatic imine (C=N–C) groups is 1. The molecule has 0 aromatic carbocycles. The monoisotopic (exact) mass is 459 g/mol. The second kappa shape index (κ2) is 11.4. The van der Waals surface area contributed by atoms with Crippen LogP contribution in [0.1, 0.15) is 28.8 Å². The van der Waals surface area contributed by atoms with Crippen molar-refractivity contribution in [3.05, 3.63) is 45.7 Å². The van der Waals surface area contributed by atoms with Gasteiger partial charge in [0.05, 0.1) is 10.7 Å². The summed E-state index contributed by atoms with van der Waals surface area (Å²) in [6.07, 6.45) is 5.59. The predicted molar refractivity (Wildman–Crippen MR) is 113 cm³/mol. The third kappa shape index (κ3) is 7.12. The zero-order valence-electron chi connectivity index (χ0n) is 14.5. The Morgan fingerprint density at radius 3 is 2.75 bits per heavy atom. The van der Waals surface area contributed by atoms with Gasteiger partial charge in [-0.05, 0) is 44.4 Å². The van der Waals surface area contributed by atoms with Gasteiger partial charge < -0.3 is 10.6 Å². The van der Waals surface area contributed by atoms with Crippen molar-refractivity contribution in [2.75, 3.05) is 19.6 Å². The van der Waals surface area contributed by atoms with Gasteiger partial charge in [0.2, 0.25) is 0 Å².